The van der Waals surface area contributed by atoms with E-state index in [1.54, 1.807) is 6.92 Å². The van der Waals surface area contributed by atoms with Crippen LogP contribution >= 0.6 is 0 Å². The standard InChI is InChI=1S/C12H15F2NO3/c1-8(15-12(17)18-6-5-16)7-9-10(13)3-2-4-11(9)14/h2-4,8,16H,5-7H2,1H3,(H,15,17). The van der Waals surface area contributed by atoms with E-state index < -0.39 is 23.8 Å². The minimum atomic E-state index is -0.728. The van der Waals surface area contributed by atoms with Crippen molar-refractivity contribution in [3.8, 4) is 0 Å². The number of amides is 1. The fourth-order valence-electron chi connectivity index (χ4n) is 1.47. The molecule has 1 amide bonds. The Morgan fingerprint density at radius 3 is 2.61 bits per heavy atom. The third-order valence-electron chi connectivity index (χ3n) is 2.26. The summed E-state index contributed by atoms with van der Waals surface area (Å²) in [5.41, 5.74) is -0.0764. The normalized spacial score (nSPS) is 12.0. The molecule has 0 fully saturated rings. The number of aliphatic hydroxyl groups excluding tert-OH is 1. The topological polar surface area (TPSA) is 58.6 Å². The van der Waals surface area contributed by atoms with Crippen molar-refractivity contribution < 1.29 is 23.4 Å². The van der Waals surface area contributed by atoms with Crippen molar-refractivity contribution >= 4 is 6.09 Å². The first kappa shape index (κ1) is 14.4. The second-order valence-electron chi connectivity index (χ2n) is 3.81. The second kappa shape index (κ2) is 6.90. The Hall–Kier alpha value is -1.69. The van der Waals surface area contributed by atoms with Crippen LogP contribution < -0.4 is 5.32 Å². The van der Waals surface area contributed by atoms with Gasteiger partial charge in [-0.15, -0.1) is 0 Å². The molecule has 2 N–H and O–H groups in total. The van der Waals surface area contributed by atoms with Gasteiger partial charge in [0.05, 0.1) is 6.61 Å². The van der Waals surface area contributed by atoms with Crippen molar-refractivity contribution in [1.29, 1.82) is 0 Å². The smallest absolute Gasteiger partial charge is 0.407 e. The summed E-state index contributed by atoms with van der Waals surface area (Å²) in [6.45, 7) is 1.21. The Bertz CT molecular complexity index is 392. The van der Waals surface area contributed by atoms with Crippen molar-refractivity contribution in [2.24, 2.45) is 0 Å². The molecule has 4 nitrogen and oxygen atoms in total. The van der Waals surface area contributed by atoms with E-state index in [-0.39, 0.29) is 25.2 Å². The van der Waals surface area contributed by atoms with Crippen molar-refractivity contribution in [1.82, 2.24) is 5.32 Å². The molecule has 0 saturated heterocycles. The van der Waals surface area contributed by atoms with Gasteiger partial charge in [-0.3, -0.25) is 0 Å². The van der Waals surface area contributed by atoms with Gasteiger partial charge in [0.2, 0.25) is 0 Å². The van der Waals surface area contributed by atoms with E-state index in [0.717, 1.165) is 12.1 Å². The van der Waals surface area contributed by atoms with E-state index in [1.165, 1.54) is 6.07 Å². The van der Waals surface area contributed by atoms with Crippen LogP contribution in [-0.2, 0) is 11.2 Å². The number of carbonyl (C=O) groups is 1. The maximum Gasteiger partial charge on any atom is 0.407 e. The zero-order valence-electron chi connectivity index (χ0n) is 9.95. The number of ether oxygens (including phenoxy) is 1. The number of hydrogen-bond acceptors (Lipinski definition) is 3. The summed E-state index contributed by atoms with van der Waals surface area (Å²) in [5.74, 6) is -1.29. The van der Waals surface area contributed by atoms with Crippen molar-refractivity contribution in [3.05, 3.63) is 35.4 Å². The van der Waals surface area contributed by atoms with E-state index >= 15 is 0 Å². The molecule has 0 aliphatic carbocycles. The van der Waals surface area contributed by atoms with Crippen LogP contribution in [0.1, 0.15) is 12.5 Å². The van der Waals surface area contributed by atoms with Crippen LogP contribution in [0.3, 0.4) is 0 Å². The summed E-state index contributed by atoms with van der Waals surface area (Å²) in [7, 11) is 0. The highest BCUT2D eigenvalue weighted by Gasteiger charge is 2.14. The Labute approximate surface area is 104 Å². The van der Waals surface area contributed by atoms with Crippen LogP contribution in [0.2, 0.25) is 0 Å². The van der Waals surface area contributed by atoms with Crippen LogP contribution in [-0.4, -0.2) is 30.5 Å². The molecule has 0 spiro atoms. The summed E-state index contributed by atoms with van der Waals surface area (Å²) in [5, 5.41) is 10.9. The van der Waals surface area contributed by atoms with Gasteiger partial charge in [-0.25, -0.2) is 13.6 Å². The van der Waals surface area contributed by atoms with Crippen molar-refractivity contribution in [2.75, 3.05) is 13.2 Å². The average Bonchev–Trinajstić information content (AvgIpc) is 2.31. The number of halogens is 2. The monoisotopic (exact) mass is 259 g/mol. The predicted octanol–water partition coefficient (Wildman–Crippen LogP) is 1.61. The summed E-state index contributed by atoms with van der Waals surface area (Å²) < 4.78 is 31.2. The van der Waals surface area contributed by atoms with Gasteiger partial charge in [0.15, 0.2) is 0 Å². The molecular formula is C12H15F2NO3. The first-order valence-corrected chi connectivity index (χ1v) is 5.51. The highest BCUT2D eigenvalue weighted by atomic mass is 19.1. The number of alkyl carbamates (subject to hydrolysis) is 1. The highest BCUT2D eigenvalue weighted by Crippen LogP contribution is 2.14. The maximum atomic E-state index is 13.3. The van der Waals surface area contributed by atoms with Gasteiger partial charge in [0, 0.05) is 11.6 Å². The second-order valence-corrected chi connectivity index (χ2v) is 3.81. The molecule has 0 aliphatic rings. The number of carbonyl (C=O) groups excluding carboxylic acids is 1. The van der Waals surface area contributed by atoms with Gasteiger partial charge < -0.3 is 15.2 Å². The summed E-state index contributed by atoms with van der Waals surface area (Å²) >= 11 is 0. The maximum absolute atomic E-state index is 13.3. The zero-order chi connectivity index (χ0) is 13.5. The molecule has 0 radical (unpaired) electrons. The number of nitrogens with one attached hydrogen (secondary N) is 1. The molecule has 100 valence electrons. The van der Waals surface area contributed by atoms with E-state index in [9.17, 15) is 13.6 Å². The lowest BCUT2D eigenvalue weighted by Crippen LogP contribution is -2.35. The molecule has 0 bridgehead atoms. The van der Waals surface area contributed by atoms with Gasteiger partial charge in [-0.2, -0.15) is 0 Å². The SMILES string of the molecule is CC(Cc1c(F)cccc1F)NC(=O)OCCO. The summed E-state index contributed by atoms with van der Waals surface area (Å²) in [6, 6.07) is 3.12. The lowest BCUT2D eigenvalue weighted by molar-refractivity contribution is 0.116. The van der Waals surface area contributed by atoms with Gasteiger partial charge in [-0.1, -0.05) is 6.07 Å². The lowest BCUT2D eigenvalue weighted by Gasteiger charge is -2.14. The lowest BCUT2D eigenvalue weighted by atomic mass is 10.1. The fourth-order valence-corrected chi connectivity index (χ4v) is 1.47. The number of hydrogen-bond donors (Lipinski definition) is 2. The van der Waals surface area contributed by atoms with Gasteiger partial charge in [0.1, 0.15) is 18.2 Å². The Balaban J connectivity index is 2.54. The van der Waals surface area contributed by atoms with E-state index in [2.05, 4.69) is 10.1 Å². The quantitative estimate of drug-likeness (QED) is 0.844. The highest BCUT2D eigenvalue weighted by molar-refractivity contribution is 5.67. The Kier molecular flexibility index (Phi) is 5.51. The zero-order valence-corrected chi connectivity index (χ0v) is 9.95. The molecule has 1 atom stereocenters. The van der Waals surface area contributed by atoms with Crippen molar-refractivity contribution in [2.45, 2.75) is 19.4 Å². The molecule has 0 aromatic heterocycles. The van der Waals surface area contributed by atoms with Crippen molar-refractivity contribution in [3.63, 3.8) is 0 Å². The molecule has 0 heterocycles. The first-order chi connectivity index (χ1) is 8.54. The van der Waals surface area contributed by atoms with Gasteiger partial charge in [0.25, 0.3) is 0 Å². The molecule has 0 saturated carbocycles. The molecule has 1 aromatic rings. The third kappa shape index (κ3) is 4.29. The summed E-state index contributed by atoms with van der Waals surface area (Å²) in [4.78, 5) is 11.1. The average molecular weight is 259 g/mol. The molecule has 1 aromatic carbocycles. The van der Waals surface area contributed by atoms with Gasteiger partial charge in [-0.05, 0) is 25.5 Å². The van der Waals surface area contributed by atoms with Crippen LogP contribution in [0.5, 0.6) is 0 Å². The minimum Gasteiger partial charge on any atom is -0.447 e. The minimum absolute atomic E-state index is 0.0206. The fraction of sp³-hybridized carbons (Fsp3) is 0.417. The third-order valence-corrected chi connectivity index (χ3v) is 2.26. The predicted molar refractivity (Wildman–Crippen MR) is 61.1 cm³/mol. The van der Waals surface area contributed by atoms with Crippen LogP contribution in [0.15, 0.2) is 18.2 Å². The van der Waals surface area contributed by atoms with Gasteiger partial charge >= 0.3 is 6.09 Å². The first-order valence-electron chi connectivity index (χ1n) is 5.51. The molecule has 0 aliphatic heterocycles. The molecule has 1 unspecified atom stereocenters. The van der Waals surface area contributed by atoms with Crippen LogP contribution in [0.25, 0.3) is 0 Å². The molecule has 1 rings (SSSR count). The van der Waals surface area contributed by atoms with E-state index in [4.69, 9.17) is 5.11 Å². The van der Waals surface area contributed by atoms with E-state index in [1.807, 2.05) is 0 Å². The molecule has 6 heteroatoms. The number of rotatable bonds is 5. The van der Waals surface area contributed by atoms with Crippen LogP contribution in [0.4, 0.5) is 13.6 Å². The Morgan fingerprint density at radius 2 is 2.06 bits per heavy atom. The number of aliphatic hydroxyl groups is 1. The summed E-state index contributed by atoms with van der Waals surface area (Å²) in [6.07, 6.45) is -0.708. The molecular weight excluding hydrogens is 244 g/mol. The number of benzene rings is 1. The largest absolute Gasteiger partial charge is 0.447 e. The Morgan fingerprint density at radius 1 is 1.44 bits per heavy atom. The van der Waals surface area contributed by atoms with Crippen LogP contribution in [0, 0.1) is 11.6 Å². The molecule has 18 heavy (non-hydrogen) atoms. The van der Waals surface area contributed by atoms with E-state index in [0.29, 0.717) is 0 Å².